The van der Waals surface area contributed by atoms with Crippen molar-refractivity contribution < 1.29 is 17.9 Å². The van der Waals surface area contributed by atoms with Crippen LogP contribution in [0, 0.1) is 20.8 Å². The number of nitrogens with one attached hydrogen (secondary N) is 1. The Labute approximate surface area is 138 Å². The third-order valence-electron chi connectivity index (χ3n) is 3.10. The van der Waals surface area contributed by atoms with Gasteiger partial charge in [0.15, 0.2) is 0 Å². The third kappa shape index (κ3) is 5.30. The van der Waals surface area contributed by atoms with Gasteiger partial charge in [0.2, 0.25) is 10.0 Å². The fourth-order valence-corrected chi connectivity index (χ4v) is 4.05. The Morgan fingerprint density at radius 1 is 1.22 bits per heavy atom. The molecule has 0 saturated heterocycles. The van der Waals surface area contributed by atoms with Gasteiger partial charge in [0, 0.05) is 6.54 Å². The van der Waals surface area contributed by atoms with Crippen molar-refractivity contribution in [3.05, 3.63) is 28.8 Å². The summed E-state index contributed by atoms with van der Waals surface area (Å²) >= 11 is 0. The number of carbonyl (C=O) groups excluding carboxylic acids is 1. The Morgan fingerprint density at radius 3 is 2.09 bits per heavy atom. The van der Waals surface area contributed by atoms with Gasteiger partial charge in [-0.15, -0.1) is 0 Å². The van der Waals surface area contributed by atoms with E-state index in [1.807, 2.05) is 6.92 Å². The lowest BCUT2D eigenvalue weighted by Crippen LogP contribution is -2.48. The van der Waals surface area contributed by atoms with Crippen molar-refractivity contribution in [2.75, 3.05) is 6.54 Å². The summed E-state index contributed by atoms with van der Waals surface area (Å²) in [6.07, 6.45) is 0. The van der Waals surface area contributed by atoms with Crippen LogP contribution >= 0.6 is 0 Å². The summed E-state index contributed by atoms with van der Waals surface area (Å²) in [5, 5.41) is 0. The van der Waals surface area contributed by atoms with Crippen molar-refractivity contribution in [1.82, 2.24) is 4.72 Å². The van der Waals surface area contributed by atoms with Gasteiger partial charge in [-0.25, -0.2) is 8.42 Å². The monoisotopic (exact) mass is 342 g/mol. The van der Waals surface area contributed by atoms with Gasteiger partial charge in [-0.05, 0) is 52.7 Å². The number of sulfonamides is 1. The summed E-state index contributed by atoms with van der Waals surface area (Å²) < 4.78 is 32.9. The molecule has 0 aromatic heterocycles. The van der Waals surface area contributed by atoms with Crippen LogP contribution in [0.4, 0.5) is 0 Å². The molecule has 0 spiro atoms. The van der Waals surface area contributed by atoms with Crippen molar-refractivity contribution in [2.24, 2.45) is 5.73 Å². The number of nitrogens with two attached hydrogens (primary N) is 1. The van der Waals surface area contributed by atoms with E-state index in [0.717, 1.165) is 5.56 Å². The van der Waals surface area contributed by atoms with E-state index in [2.05, 4.69) is 4.72 Å². The van der Waals surface area contributed by atoms with Crippen molar-refractivity contribution >= 4 is 16.0 Å². The number of carbonyl (C=O) groups is 1. The fraction of sp³-hybridized carbons (Fsp3) is 0.562. The minimum absolute atomic E-state index is 0.171. The minimum Gasteiger partial charge on any atom is -0.459 e. The lowest BCUT2D eigenvalue weighted by molar-refractivity contribution is -0.156. The van der Waals surface area contributed by atoms with Gasteiger partial charge in [-0.3, -0.25) is 4.79 Å². The maximum absolute atomic E-state index is 12.7. The number of hydrogen-bond donors (Lipinski definition) is 2. The van der Waals surface area contributed by atoms with Gasteiger partial charge in [0.05, 0.1) is 4.90 Å². The van der Waals surface area contributed by atoms with Gasteiger partial charge in [-0.2, -0.15) is 4.72 Å². The zero-order valence-corrected chi connectivity index (χ0v) is 15.4. The molecule has 6 nitrogen and oxygen atoms in total. The molecular formula is C16H26N2O4S. The highest BCUT2D eigenvalue weighted by atomic mass is 32.2. The smallest absolute Gasteiger partial charge is 0.326 e. The summed E-state index contributed by atoms with van der Waals surface area (Å²) in [6.45, 7) is 10.3. The molecule has 1 unspecified atom stereocenters. The summed E-state index contributed by atoms with van der Waals surface area (Å²) in [4.78, 5) is 12.3. The normalized spacial score (nSPS) is 13.7. The lowest BCUT2D eigenvalue weighted by atomic mass is 10.1. The standard InChI is InChI=1S/C16H26N2O4S/c1-10-7-11(2)14(12(3)8-10)23(20,21)18-13(9-17)15(19)22-16(4,5)6/h7-8,13,18H,9,17H2,1-6H3. The number of ether oxygens (including phenoxy) is 1. The fourth-order valence-electron chi connectivity index (χ4n) is 2.40. The highest BCUT2D eigenvalue weighted by Gasteiger charge is 2.30. The highest BCUT2D eigenvalue weighted by molar-refractivity contribution is 7.89. The third-order valence-corrected chi connectivity index (χ3v) is 4.87. The quantitative estimate of drug-likeness (QED) is 0.791. The SMILES string of the molecule is Cc1cc(C)c(S(=O)(=O)NC(CN)C(=O)OC(C)(C)C)c(C)c1. The van der Waals surface area contributed by atoms with Crippen molar-refractivity contribution in [3.8, 4) is 0 Å². The molecule has 130 valence electrons. The van der Waals surface area contributed by atoms with E-state index < -0.39 is 27.6 Å². The Hall–Kier alpha value is -1.44. The van der Waals surface area contributed by atoms with E-state index in [0.29, 0.717) is 11.1 Å². The molecular weight excluding hydrogens is 316 g/mol. The molecule has 0 saturated carbocycles. The van der Waals surface area contributed by atoms with E-state index in [1.54, 1.807) is 46.8 Å². The second kappa shape index (κ2) is 6.98. The van der Waals surface area contributed by atoms with Crippen LogP contribution in [0.25, 0.3) is 0 Å². The van der Waals surface area contributed by atoms with Gasteiger partial charge < -0.3 is 10.5 Å². The summed E-state index contributed by atoms with van der Waals surface area (Å²) in [6, 6.07) is 2.44. The molecule has 0 aliphatic rings. The first-order valence-corrected chi connectivity index (χ1v) is 8.89. The van der Waals surface area contributed by atoms with Crippen LogP contribution in [0.3, 0.4) is 0 Å². The van der Waals surface area contributed by atoms with Gasteiger partial charge in [0.25, 0.3) is 0 Å². The van der Waals surface area contributed by atoms with Crippen LogP contribution in [0.15, 0.2) is 17.0 Å². The average molecular weight is 342 g/mol. The predicted molar refractivity (Wildman–Crippen MR) is 89.7 cm³/mol. The van der Waals surface area contributed by atoms with Crippen LogP contribution in [-0.2, 0) is 19.6 Å². The molecule has 0 fully saturated rings. The van der Waals surface area contributed by atoms with Crippen LogP contribution in [0.2, 0.25) is 0 Å². The number of esters is 1. The molecule has 1 aromatic carbocycles. The Balaban J connectivity index is 3.12. The van der Waals surface area contributed by atoms with E-state index in [1.165, 1.54) is 0 Å². The van der Waals surface area contributed by atoms with Crippen LogP contribution in [-0.4, -0.2) is 32.6 Å². The molecule has 1 aromatic rings. The molecule has 0 aliphatic heterocycles. The summed E-state index contributed by atoms with van der Waals surface area (Å²) in [7, 11) is -3.88. The van der Waals surface area contributed by atoms with Crippen molar-refractivity contribution in [1.29, 1.82) is 0 Å². The molecule has 0 heterocycles. The Bertz CT molecular complexity index is 668. The molecule has 0 amide bonds. The summed E-state index contributed by atoms with van der Waals surface area (Å²) in [5.41, 5.74) is 7.05. The first kappa shape index (κ1) is 19.6. The first-order valence-electron chi connectivity index (χ1n) is 7.40. The van der Waals surface area contributed by atoms with E-state index >= 15 is 0 Å². The van der Waals surface area contributed by atoms with E-state index in [4.69, 9.17) is 10.5 Å². The summed E-state index contributed by atoms with van der Waals surface area (Å²) in [5.74, 6) is -0.689. The van der Waals surface area contributed by atoms with E-state index in [9.17, 15) is 13.2 Å². The molecule has 3 N–H and O–H groups in total. The molecule has 7 heteroatoms. The van der Waals surface area contributed by atoms with Gasteiger partial charge >= 0.3 is 5.97 Å². The molecule has 1 atom stereocenters. The van der Waals surface area contributed by atoms with Crippen LogP contribution < -0.4 is 10.5 Å². The largest absolute Gasteiger partial charge is 0.459 e. The van der Waals surface area contributed by atoms with Gasteiger partial charge in [0.1, 0.15) is 11.6 Å². The second-order valence-corrected chi connectivity index (χ2v) is 8.32. The number of benzene rings is 1. The van der Waals surface area contributed by atoms with E-state index in [-0.39, 0.29) is 11.4 Å². The lowest BCUT2D eigenvalue weighted by Gasteiger charge is -2.24. The Morgan fingerprint density at radius 2 is 1.70 bits per heavy atom. The highest BCUT2D eigenvalue weighted by Crippen LogP contribution is 2.22. The minimum atomic E-state index is -3.88. The maximum atomic E-state index is 12.7. The van der Waals surface area contributed by atoms with Crippen LogP contribution in [0.1, 0.15) is 37.5 Å². The maximum Gasteiger partial charge on any atom is 0.326 e. The number of hydrogen-bond acceptors (Lipinski definition) is 5. The first-order chi connectivity index (χ1) is 10.4. The predicted octanol–water partition coefficient (Wildman–Crippen LogP) is 1.56. The average Bonchev–Trinajstić information content (AvgIpc) is 2.31. The second-order valence-electron chi connectivity index (χ2n) is 6.67. The van der Waals surface area contributed by atoms with Crippen molar-refractivity contribution in [2.45, 2.75) is 58.1 Å². The molecule has 0 aliphatic carbocycles. The zero-order valence-electron chi connectivity index (χ0n) is 14.6. The van der Waals surface area contributed by atoms with Crippen LogP contribution in [0.5, 0.6) is 0 Å². The van der Waals surface area contributed by atoms with Gasteiger partial charge in [-0.1, -0.05) is 17.7 Å². The molecule has 0 bridgehead atoms. The van der Waals surface area contributed by atoms with Crippen molar-refractivity contribution in [3.63, 3.8) is 0 Å². The zero-order chi connectivity index (χ0) is 18.0. The number of rotatable bonds is 5. The topological polar surface area (TPSA) is 98.5 Å². The molecule has 0 radical (unpaired) electrons. The number of aryl methyl sites for hydroxylation is 3. The Kier molecular flexibility index (Phi) is 5.95. The molecule has 1 rings (SSSR count). The molecule has 23 heavy (non-hydrogen) atoms.